The lowest BCUT2D eigenvalue weighted by Gasteiger charge is -2.13. The van der Waals surface area contributed by atoms with Gasteiger partial charge in [-0.15, -0.1) is 12.4 Å². The summed E-state index contributed by atoms with van der Waals surface area (Å²) < 4.78 is 25.5. The van der Waals surface area contributed by atoms with Crippen LogP contribution in [0.1, 0.15) is 27.1 Å². The Labute approximate surface area is 135 Å². The van der Waals surface area contributed by atoms with Crippen molar-refractivity contribution in [1.82, 2.24) is 9.62 Å². The number of hydrogen-bond donors (Lipinski definition) is 2. The Balaban J connectivity index is 0.00000242. The van der Waals surface area contributed by atoms with Crippen molar-refractivity contribution in [1.29, 1.82) is 0 Å². The number of halogens is 1. The lowest BCUT2D eigenvalue weighted by Crippen LogP contribution is -2.34. The average Bonchev–Trinajstić information content (AvgIpc) is 2.71. The second-order valence-electron chi connectivity index (χ2n) is 4.66. The van der Waals surface area contributed by atoms with Crippen LogP contribution in [0, 0.1) is 0 Å². The Kier molecular flexibility index (Phi) is 6.48. The van der Waals surface area contributed by atoms with Crippen LogP contribution in [0.4, 0.5) is 0 Å². The van der Waals surface area contributed by atoms with Crippen molar-refractivity contribution in [3.05, 3.63) is 35.4 Å². The molecule has 0 atom stereocenters. The molecular formula is C13H18ClN3O4S. The molecule has 1 aliphatic rings. The first-order valence-electron chi connectivity index (χ1n) is 6.59. The minimum absolute atomic E-state index is 0. The van der Waals surface area contributed by atoms with Gasteiger partial charge in [-0.25, -0.2) is 13.1 Å². The van der Waals surface area contributed by atoms with Crippen molar-refractivity contribution < 1.29 is 18.0 Å². The van der Waals surface area contributed by atoms with Crippen molar-refractivity contribution in [2.45, 2.75) is 6.42 Å². The third kappa shape index (κ3) is 4.04. The van der Waals surface area contributed by atoms with Gasteiger partial charge in [-0.1, -0.05) is 12.1 Å². The summed E-state index contributed by atoms with van der Waals surface area (Å²) in [6, 6.07) is 6.56. The minimum Gasteiger partial charge on any atom is -0.329 e. The summed E-state index contributed by atoms with van der Waals surface area (Å²) in [6.07, 6.45) is 0.186. The van der Waals surface area contributed by atoms with Crippen LogP contribution >= 0.6 is 12.4 Å². The molecule has 0 spiro atoms. The summed E-state index contributed by atoms with van der Waals surface area (Å²) in [7, 11) is -3.42. The largest absolute Gasteiger partial charge is 0.329 e. The maximum atomic E-state index is 12.1. The van der Waals surface area contributed by atoms with Gasteiger partial charge in [0.15, 0.2) is 0 Å². The molecular weight excluding hydrogens is 330 g/mol. The number of fused-ring (bicyclic) bond motifs is 1. The third-order valence-electron chi connectivity index (χ3n) is 3.14. The Hall–Kier alpha value is -1.48. The zero-order valence-electron chi connectivity index (χ0n) is 11.8. The van der Waals surface area contributed by atoms with Crippen molar-refractivity contribution in [2.75, 3.05) is 25.4 Å². The first-order chi connectivity index (χ1) is 9.96. The van der Waals surface area contributed by atoms with E-state index in [0.29, 0.717) is 11.1 Å². The molecule has 0 unspecified atom stereocenters. The van der Waals surface area contributed by atoms with E-state index in [0.717, 1.165) is 4.90 Å². The molecule has 2 amide bonds. The highest BCUT2D eigenvalue weighted by Gasteiger charge is 2.34. The highest BCUT2D eigenvalue weighted by molar-refractivity contribution is 7.89. The maximum Gasteiger partial charge on any atom is 0.261 e. The summed E-state index contributed by atoms with van der Waals surface area (Å²) in [5.74, 6) is -0.897. The van der Waals surface area contributed by atoms with Crippen molar-refractivity contribution in [2.24, 2.45) is 5.73 Å². The molecule has 0 saturated heterocycles. The fourth-order valence-electron chi connectivity index (χ4n) is 2.14. The number of carbonyl (C=O) groups is 2. The Morgan fingerprint density at radius 1 is 1.09 bits per heavy atom. The first-order valence-corrected chi connectivity index (χ1v) is 8.24. The molecule has 122 valence electrons. The lowest BCUT2D eigenvalue weighted by atomic mass is 10.1. The van der Waals surface area contributed by atoms with Crippen LogP contribution in [-0.2, 0) is 10.0 Å². The van der Waals surface area contributed by atoms with Gasteiger partial charge >= 0.3 is 0 Å². The smallest absolute Gasteiger partial charge is 0.261 e. The van der Waals surface area contributed by atoms with E-state index in [4.69, 9.17) is 5.73 Å². The highest BCUT2D eigenvalue weighted by atomic mass is 35.5. The van der Waals surface area contributed by atoms with Crippen molar-refractivity contribution >= 4 is 34.2 Å². The first kappa shape index (κ1) is 18.6. The number of amides is 2. The predicted octanol–water partition coefficient (Wildman–Crippen LogP) is -0.0274. The van der Waals surface area contributed by atoms with Gasteiger partial charge in [0.25, 0.3) is 11.8 Å². The van der Waals surface area contributed by atoms with E-state index in [1.54, 1.807) is 24.3 Å². The second-order valence-corrected chi connectivity index (χ2v) is 6.59. The molecule has 1 aromatic rings. The van der Waals surface area contributed by atoms with Crippen LogP contribution < -0.4 is 10.5 Å². The number of benzene rings is 1. The molecule has 0 fully saturated rings. The van der Waals surface area contributed by atoms with Gasteiger partial charge in [0.2, 0.25) is 10.0 Å². The highest BCUT2D eigenvalue weighted by Crippen LogP contribution is 2.22. The van der Waals surface area contributed by atoms with Gasteiger partial charge in [0.1, 0.15) is 0 Å². The zero-order chi connectivity index (χ0) is 15.5. The van der Waals surface area contributed by atoms with Crippen molar-refractivity contribution in [3.8, 4) is 0 Å². The van der Waals surface area contributed by atoms with E-state index >= 15 is 0 Å². The van der Waals surface area contributed by atoms with Crippen LogP contribution in [0.3, 0.4) is 0 Å². The molecule has 0 aromatic heterocycles. The summed E-state index contributed by atoms with van der Waals surface area (Å²) in [5.41, 5.74) is 5.96. The monoisotopic (exact) mass is 347 g/mol. The molecule has 1 heterocycles. The molecule has 1 aliphatic heterocycles. The van der Waals surface area contributed by atoms with Gasteiger partial charge in [0, 0.05) is 19.6 Å². The van der Waals surface area contributed by atoms with Gasteiger partial charge in [-0.3, -0.25) is 14.5 Å². The SMILES string of the molecule is Cl.NCCNS(=O)(=O)CCCN1C(=O)c2ccccc2C1=O. The Bertz CT molecular complexity index is 628. The number of nitrogens with two attached hydrogens (primary N) is 1. The maximum absolute atomic E-state index is 12.1. The number of rotatable bonds is 7. The molecule has 1 aromatic carbocycles. The molecule has 0 aliphatic carbocycles. The summed E-state index contributed by atoms with van der Waals surface area (Å²) in [5, 5.41) is 0. The van der Waals surface area contributed by atoms with Gasteiger partial charge in [-0.2, -0.15) is 0 Å². The van der Waals surface area contributed by atoms with Crippen LogP contribution in [0.5, 0.6) is 0 Å². The molecule has 2 rings (SSSR count). The molecule has 9 heteroatoms. The molecule has 22 heavy (non-hydrogen) atoms. The molecule has 7 nitrogen and oxygen atoms in total. The van der Waals surface area contributed by atoms with Crippen LogP contribution in [0.25, 0.3) is 0 Å². The van der Waals surface area contributed by atoms with E-state index in [2.05, 4.69) is 4.72 Å². The fraction of sp³-hybridized carbons (Fsp3) is 0.385. The number of nitrogens with one attached hydrogen (secondary N) is 1. The minimum atomic E-state index is -3.42. The molecule has 3 N–H and O–H groups in total. The van der Waals surface area contributed by atoms with Crippen LogP contribution in [0.2, 0.25) is 0 Å². The van der Waals surface area contributed by atoms with E-state index in [9.17, 15) is 18.0 Å². The van der Waals surface area contributed by atoms with Gasteiger partial charge in [-0.05, 0) is 18.6 Å². The number of nitrogens with zero attached hydrogens (tertiary/aromatic N) is 1. The van der Waals surface area contributed by atoms with E-state index < -0.39 is 10.0 Å². The average molecular weight is 348 g/mol. The normalized spacial score (nSPS) is 14.0. The Morgan fingerprint density at radius 3 is 2.14 bits per heavy atom. The molecule has 0 saturated carbocycles. The number of imide groups is 1. The fourth-order valence-corrected chi connectivity index (χ4v) is 3.22. The van der Waals surface area contributed by atoms with Gasteiger partial charge in [0.05, 0.1) is 16.9 Å². The standard InChI is InChI=1S/C13H17N3O4S.ClH/c14-6-7-15-21(19,20)9-3-8-16-12(17)10-4-1-2-5-11(10)13(16)18;/h1-2,4-5,15H,3,6-9,14H2;1H. The molecule has 0 radical (unpaired) electrons. The lowest BCUT2D eigenvalue weighted by molar-refractivity contribution is 0.0654. The van der Waals surface area contributed by atoms with E-state index in [1.807, 2.05) is 0 Å². The second kappa shape index (κ2) is 7.68. The predicted molar refractivity (Wildman–Crippen MR) is 84.5 cm³/mol. The van der Waals surface area contributed by atoms with Crippen LogP contribution in [0.15, 0.2) is 24.3 Å². The quantitative estimate of drug-likeness (QED) is 0.673. The zero-order valence-corrected chi connectivity index (χ0v) is 13.5. The number of sulfonamides is 1. The summed E-state index contributed by atoms with van der Waals surface area (Å²) in [4.78, 5) is 25.2. The Morgan fingerprint density at radius 2 is 1.64 bits per heavy atom. The van der Waals surface area contributed by atoms with Crippen molar-refractivity contribution in [3.63, 3.8) is 0 Å². The van der Waals surface area contributed by atoms with E-state index in [-0.39, 0.29) is 56.0 Å². The third-order valence-corrected chi connectivity index (χ3v) is 4.61. The summed E-state index contributed by atoms with van der Waals surface area (Å²) >= 11 is 0. The van der Waals surface area contributed by atoms with Gasteiger partial charge < -0.3 is 5.73 Å². The van der Waals surface area contributed by atoms with Crippen LogP contribution in [-0.4, -0.2) is 50.5 Å². The summed E-state index contributed by atoms with van der Waals surface area (Å²) in [6.45, 7) is 0.475. The van der Waals surface area contributed by atoms with E-state index in [1.165, 1.54) is 0 Å². The molecule has 0 bridgehead atoms. The number of hydrogen-bond acceptors (Lipinski definition) is 5. The number of carbonyl (C=O) groups excluding carboxylic acids is 2. The topological polar surface area (TPSA) is 110 Å².